The fourth-order valence-electron chi connectivity index (χ4n) is 3.37. The average molecular weight is 373 g/mol. The molecule has 0 bridgehead atoms. The van der Waals surface area contributed by atoms with Crippen molar-refractivity contribution in [2.45, 2.75) is 19.9 Å². The molecule has 2 aliphatic heterocycles. The van der Waals surface area contributed by atoms with Gasteiger partial charge in [-0.3, -0.25) is 9.59 Å². The van der Waals surface area contributed by atoms with Gasteiger partial charge in [0.25, 0.3) is 5.91 Å². The van der Waals surface area contributed by atoms with Gasteiger partial charge in [0.05, 0.1) is 5.69 Å². The first-order valence-electron chi connectivity index (χ1n) is 8.83. The predicted molar refractivity (Wildman–Crippen MR) is 99.3 cm³/mol. The number of hydrogen-bond donors (Lipinski definition) is 2. The Morgan fingerprint density at radius 2 is 2.00 bits per heavy atom. The van der Waals surface area contributed by atoms with E-state index in [0.29, 0.717) is 24.5 Å². The van der Waals surface area contributed by atoms with E-state index in [-0.39, 0.29) is 24.3 Å². The van der Waals surface area contributed by atoms with E-state index >= 15 is 0 Å². The summed E-state index contributed by atoms with van der Waals surface area (Å²) in [5.41, 5.74) is 0.838. The van der Waals surface area contributed by atoms with Crippen molar-refractivity contribution >= 4 is 35.3 Å². The molecule has 0 aromatic heterocycles. The minimum Gasteiger partial charge on any atom is -0.353 e. The fraction of sp³-hybridized carbons (Fsp3) is 0.444. The Hall–Kier alpha value is -3.10. The molecular weight excluding hydrogens is 350 g/mol. The van der Waals surface area contributed by atoms with Crippen LogP contribution in [0.1, 0.15) is 13.8 Å². The number of carbonyl (C=O) groups is 4. The van der Waals surface area contributed by atoms with E-state index in [9.17, 15) is 19.2 Å². The smallest absolute Gasteiger partial charge is 0.331 e. The minimum atomic E-state index is -0.544. The molecule has 0 spiro atoms. The first kappa shape index (κ1) is 18.7. The van der Waals surface area contributed by atoms with Crippen molar-refractivity contribution < 1.29 is 19.2 Å². The number of hydrogen-bond acceptors (Lipinski definition) is 4. The summed E-state index contributed by atoms with van der Waals surface area (Å²) in [6, 6.07) is 5.19. The lowest BCUT2D eigenvalue weighted by Gasteiger charge is -2.37. The summed E-state index contributed by atoms with van der Waals surface area (Å²) in [5, 5.41) is 5.54. The molecule has 2 fully saturated rings. The van der Waals surface area contributed by atoms with E-state index in [1.807, 2.05) is 13.8 Å². The van der Waals surface area contributed by atoms with Gasteiger partial charge in [0.15, 0.2) is 0 Å². The largest absolute Gasteiger partial charge is 0.353 e. The molecule has 144 valence electrons. The average Bonchev–Trinajstić information content (AvgIpc) is 2.86. The molecule has 2 heterocycles. The number of imide groups is 1. The van der Waals surface area contributed by atoms with Crippen LogP contribution < -0.4 is 15.5 Å². The number of nitrogens with one attached hydrogen (secondary N) is 2. The monoisotopic (exact) mass is 373 g/mol. The molecule has 0 radical (unpaired) electrons. The van der Waals surface area contributed by atoms with Gasteiger partial charge in [0, 0.05) is 25.8 Å². The number of benzene rings is 1. The lowest BCUT2D eigenvalue weighted by atomic mass is 10.00. The fourth-order valence-corrected chi connectivity index (χ4v) is 3.37. The van der Waals surface area contributed by atoms with Gasteiger partial charge in [0.2, 0.25) is 5.91 Å². The molecule has 0 unspecified atom stereocenters. The molecule has 3 rings (SSSR count). The van der Waals surface area contributed by atoms with Crippen LogP contribution in [0.15, 0.2) is 24.3 Å². The number of piperazine rings is 1. The lowest BCUT2D eigenvalue weighted by molar-refractivity contribution is -0.129. The van der Waals surface area contributed by atoms with Gasteiger partial charge < -0.3 is 20.4 Å². The quantitative estimate of drug-likeness (QED) is 0.774. The predicted octanol–water partition coefficient (Wildman–Crippen LogP) is 1.07. The molecule has 9 heteroatoms. The summed E-state index contributed by atoms with van der Waals surface area (Å²) in [6.07, 6.45) is 0. The molecule has 0 saturated carbocycles. The summed E-state index contributed by atoms with van der Waals surface area (Å²) in [5.74, 6) is -0.521. The van der Waals surface area contributed by atoms with Crippen molar-refractivity contribution in [2.75, 3.05) is 36.9 Å². The van der Waals surface area contributed by atoms with Crippen molar-refractivity contribution in [3.8, 4) is 0 Å². The first-order chi connectivity index (χ1) is 12.8. The SMILES string of the molecule is CC(C)[C@@H]1C(=O)NCCN1C(=O)Nc1cccc(N2C(=O)CN(C)C2=O)c1. The van der Waals surface area contributed by atoms with Crippen LogP contribution in [0.2, 0.25) is 0 Å². The third-order valence-corrected chi connectivity index (χ3v) is 4.64. The van der Waals surface area contributed by atoms with E-state index in [2.05, 4.69) is 10.6 Å². The molecular formula is C18H23N5O4. The van der Waals surface area contributed by atoms with Crippen LogP contribution >= 0.6 is 0 Å². The maximum Gasteiger partial charge on any atom is 0.331 e. The third-order valence-electron chi connectivity index (χ3n) is 4.64. The van der Waals surface area contributed by atoms with Crippen LogP contribution in [-0.4, -0.2) is 66.4 Å². The molecule has 0 aliphatic carbocycles. The second kappa shape index (κ2) is 7.26. The van der Waals surface area contributed by atoms with E-state index < -0.39 is 18.1 Å². The van der Waals surface area contributed by atoms with Crippen LogP contribution in [0.25, 0.3) is 0 Å². The summed E-state index contributed by atoms with van der Waals surface area (Å²) < 4.78 is 0. The maximum absolute atomic E-state index is 12.7. The number of amides is 6. The summed E-state index contributed by atoms with van der Waals surface area (Å²) in [4.78, 5) is 53.0. The Morgan fingerprint density at radius 1 is 1.26 bits per heavy atom. The second-order valence-corrected chi connectivity index (χ2v) is 7.02. The Kier molecular flexibility index (Phi) is 5.02. The van der Waals surface area contributed by atoms with Crippen LogP contribution in [0.3, 0.4) is 0 Å². The van der Waals surface area contributed by atoms with Crippen molar-refractivity contribution in [2.24, 2.45) is 5.92 Å². The highest BCUT2D eigenvalue weighted by Gasteiger charge is 2.36. The molecule has 2 aliphatic rings. The highest BCUT2D eigenvalue weighted by molar-refractivity contribution is 6.19. The number of rotatable bonds is 3. The van der Waals surface area contributed by atoms with Crippen LogP contribution in [0, 0.1) is 5.92 Å². The zero-order valence-corrected chi connectivity index (χ0v) is 15.6. The van der Waals surface area contributed by atoms with E-state index in [4.69, 9.17) is 0 Å². The van der Waals surface area contributed by atoms with Crippen molar-refractivity contribution in [3.05, 3.63) is 24.3 Å². The maximum atomic E-state index is 12.7. The lowest BCUT2D eigenvalue weighted by Crippen LogP contribution is -2.60. The summed E-state index contributed by atoms with van der Waals surface area (Å²) in [7, 11) is 1.55. The van der Waals surface area contributed by atoms with E-state index in [1.165, 1.54) is 9.80 Å². The van der Waals surface area contributed by atoms with Crippen molar-refractivity contribution in [3.63, 3.8) is 0 Å². The van der Waals surface area contributed by atoms with Gasteiger partial charge in [-0.25, -0.2) is 14.5 Å². The first-order valence-corrected chi connectivity index (χ1v) is 8.83. The van der Waals surface area contributed by atoms with E-state index in [0.717, 1.165) is 4.90 Å². The number of nitrogens with zero attached hydrogens (tertiary/aromatic N) is 3. The molecule has 1 atom stereocenters. The number of urea groups is 2. The molecule has 1 aromatic carbocycles. The van der Waals surface area contributed by atoms with E-state index in [1.54, 1.807) is 31.3 Å². The topological polar surface area (TPSA) is 102 Å². The van der Waals surface area contributed by atoms with Crippen LogP contribution in [0.5, 0.6) is 0 Å². The van der Waals surface area contributed by atoms with Crippen molar-refractivity contribution in [1.29, 1.82) is 0 Å². The zero-order chi connectivity index (χ0) is 19.7. The Bertz CT molecular complexity index is 794. The summed E-state index contributed by atoms with van der Waals surface area (Å²) in [6.45, 7) is 4.61. The molecule has 27 heavy (non-hydrogen) atoms. The van der Waals surface area contributed by atoms with Crippen LogP contribution in [-0.2, 0) is 9.59 Å². The molecule has 9 nitrogen and oxygen atoms in total. The highest BCUT2D eigenvalue weighted by Crippen LogP contribution is 2.24. The number of likely N-dealkylation sites (N-methyl/N-ethyl adjacent to an activating group) is 1. The normalized spacial score (nSPS) is 20.4. The summed E-state index contributed by atoms with van der Waals surface area (Å²) >= 11 is 0. The Morgan fingerprint density at radius 3 is 2.63 bits per heavy atom. The molecule has 6 amide bonds. The van der Waals surface area contributed by atoms with Gasteiger partial charge in [-0.15, -0.1) is 0 Å². The zero-order valence-electron chi connectivity index (χ0n) is 15.6. The van der Waals surface area contributed by atoms with Crippen molar-refractivity contribution in [1.82, 2.24) is 15.1 Å². The highest BCUT2D eigenvalue weighted by atomic mass is 16.2. The van der Waals surface area contributed by atoms with Crippen LogP contribution in [0.4, 0.5) is 21.0 Å². The second-order valence-electron chi connectivity index (χ2n) is 7.02. The molecule has 1 aromatic rings. The molecule has 2 saturated heterocycles. The van der Waals surface area contributed by atoms with Gasteiger partial charge in [-0.2, -0.15) is 0 Å². The van der Waals surface area contributed by atoms with Gasteiger partial charge in [-0.1, -0.05) is 19.9 Å². The van der Waals surface area contributed by atoms with Gasteiger partial charge in [-0.05, 0) is 24.1 Å². The number of carbonyl (C=O) groups excluding carboxylic acids is 4. The van der Waals surface area contributed by atoms with Gasteiger partial charge in [0.1, 0.15) is 12.6 Å². The standard InChI is InChI=1S/C18H23N5O4/c1-11(2)15-16(25)19-7-8-22(15)17(26)20-12-5-4-6-13(9-12)23-14(24)10-21(3)18(23)27/h4-6,9,11,15H,7-8,10H2,1-3H3,(H,19,25)(H,20,26)/t15-/m1/s1. The third kappa shape index (κ3) is 3.57. The molecule has 2 N–H and O–H groups in total. The number of anilines is 2. The Balaban J connectivity index is 1.78. The minimum absolute atomic E-state index is 0.0222. The van der Waals surface area contributed by atoms with Gasteiger partial charge >= 0.3 is 12.1 Å². The Labute approximate surface area is 157 Å².